The van der Waals surface area contributed by atoms with Gasteiger partial charge in [0.2, 0.25) is 0 Å². The number of carboxylic acids is 1. The fourth-order valence-corrected chi connectivity index (χ4v) is 2.13. The van der Waals surface area contributed by atoms with Crippen LogP contribution < -0.4 is 0 Å². The van der Waals surface area contributed by atoms with Crippen LogP contribution in [0.3, 0.4) is 0 Å². The Bertz CT molecular complexity index is 549. The minimum absolute atomic E-state index is 0.596. The molecule has 2 aromatic carbocycles. The van der Waals surface area contributed by atoms with Crippen LogP contribution in [-0.2, 0) is 4.79 Å². The maximum absolute atomic E-state index is 10.8. The molecule has 1 atom stereocenters. The molecule has 1 N–H and O–H groups in total. The van der Waals surface area contributed by atoms with Crippen LogP contribution in [0.2, 0.25) is 0 Å². The minimum Gasteiger partial charge on any atom is -0.480 e. The molecule has 0 fully saturated rings. The third-order valence-electron chi connectivity index (χ3n) is 2.60. The minimum atomic E-state index is -1.03. The Labute approximate surface area is 124 Å². The van der Waals surface area contributed by atoms with Gasteiger partial charge in [-0.25, -0.2) is 0 Å². The Morgan fingerprint density at radius 2 is 1.44 bits per heavy atom. The topological polar surface area (TPSA) is 37.3 Å². The number of hydrogen-bond acceptors (Lipinski definition) is 1. The van der Waals surface area contributed by atoms with E-state index in [1.54, 1.807) is 12.1 Å². The lowest BCUT2D eigenvalue weighted by molar-refractivity contribution is -0.136. The first-order valence-corrected chi connectivity index (χ1v) is 6.82. The van der Waals surface area contributed by atoms with E-state index in [1.165, 1.54) is 3.57 Å². The summed E-state index contributed by atoms with van der Waals surface area (Å²) in [6.07, 6.45) is 0. The number of halogens is 2. The summed E-state index contributed by atoms with van der Waals surface area (Å²) < 4.78 is 1.18. The van der Waals surface area contributed by atoms with E-state index in [0.29, 0.717) is 5.56 Å². The van der Waals surface area contributed by atoms with Crippen molar-refractivity contribution in [2.75, 3.05) is 0 Å². The predicted octanol–water partition coefficient (Wildman–Crippen LogP) is 4.32. The molecule has 0 bridgehead atoms. The van der Waals surface area contributed by atoms with Crippen molar-refractivity contribution in [1.29, 1.82) is 0 Å². The van der Waals surface area contributed by atoms with E-state index in [4.69, 9.17) is 16.7 Å². The van der Waals surface area contributed by atoms with Gasteiger partial charge in [-0.15, -0.1) is 11.6 Å². The van der Waals surface area contributed by atoms with Gasteiger partial charge in [0.1, 0.15) is 0 Å². The number of hydrogen-bond donors (Lipinski definition) is 1. The lowest BCUT2D eigenvalue weighted by atomic mass is 10.0. The fraction of sp³-hybridized carbons (Fsp3) is 0.0714. The first kappa shape index (κ1) is 13.4. The Hall–Kier alpha value is -1.07. The van der Waals surface area contributed by atoms with Crippen molar-refractivity contribution in [1.82, 2.24) is 0 Å². The molecule has 0 radical (unpaired) electrons. The van der Waals surface area contributed by atoms with Crippen LogP contribution >= 0.6 is 34.2 Å². The van der Waals surface area contributed by atoms with E-state index in [-0.39, 0.29) is 0 Å². The molecule has 92 valence electrons. The highest BCUT2D eigenvalue weighted by molar-refractivity contribution is 14.1. The van der Waals surface area contributed by atoms with E-state index < -0.39 is 11.3 Å². The van der Waals surface area contributed by atoms with Gasteiger partial charge in [-0.3, -0.25) is 4.79 Å². The van der Waals surface area contributed by atoms with Crippen molar-refractivity contribution in [2.45, 2.75) is 5.38 Å². The number of benzene rings is 2. The quantitative estimate of drug-likeness (QED) is 0.643. The number of alkyl halides is 1. The van der Waals surface area contributed by atoms with E-state index in [2.05, 4.69) is 22.6 Å². The van der Waals surface area contributed by atoms with Gasteiger partial charge in [-0.1, -0.05) is 36.4 Å². The maximum Gasteiger partial charge on any atom is 0.326 e. The zero-order valence-electron chi connectivity index (χ0n) is 9.31. The molecule has 1 unspecified atom stereocenters. The van der Waals surface area contributed by atoms with Crippen molar-refractivity contribution in [2.24, 2.45) is 0 Å². The molecule has 0 aromatic heterocycles. The number of aliphatic carboxylic acids is 1. The largest absolute Gasteiger partial charge is 0.480 e. The molecule has 0 saturated carbocycles. The van der Waals surface area contributed by atoms with Crippen LogP contribution in [0.4, 0.5) is 0 Å². The Morgan fingerprint density at radius 3 is 1.89 bits per heavy atom. The molecule has 18 heavy (non-hydrogen) atoms. The first-order chi connectivity index (χ1) is 8.58. The summed E-state index contributed by atoms with van der Waals surface area (Å²) in [4.78, 5) is 10.8. The van der Waals surface area contributed by atoms with Gasteiger partial charge < -0.3 is 5.11 Å². The van der Waals surface area contributed by atoms with Crippen molar-refractivity contribution < 1.29 is 9.90 Å². The van der Waals surface area contributed by atoms with Crippen molar-refractivity contribution in [3.05, 3.63) is 57.7 Å². The van der Waals surface area contributed by atoms with Crippen LogP contribution in [0.15, 0.2) is 48.5 Å². The van der Waals surface area contributed by atoms with Gasteiger partial charge in [-0.05, 0) is 51.4 Å². The van der Waals surface area contributed by atoms with E-state index in [1.807, 2.05) is 36.4 Å². The summed E-state index contributed by atoms with van der Waals surface area (Å²) in [7, 11) is 0. The van der Waals surface area contributed by atoms with Gasteiger partial charge >= 0.3 is 5.97 Å². The number of carboxylic acid groups (broad SMARTS) is 1. The summed E-state index contributed by atoms with van der Waals surface area (Å²) in [6, 6.07) is 15.4. The molecule has 0 amide bonds. The number of rotatable bonds is 3. The number of carbonyl (C=O) groups is 1. The van der Waals surface area contributed by atoms with Crippen LogP contribution in [0, 0.1) is 3.57 Å². The highest BCUT2D eigenvalue weighted by Crippen LogP contribution is 2.25. The van der Waals surface area contributed by atoms with Crippen molar-refractivity contribution >= 4 is 40.2 Å². The van der Waals surface area contributed by atoms with Gasteiger partial charge in [0.25, 0.3) is 0 Å². The average molecular weight is 373 g/mol. The van der Waals surface area contributed by atoms with E-state index >= 15 is 0 Å². The van der Waals surface area contributed by atoms with Gasteiger partial charge in [-0.2, -0.15) is 0 Å². The summed E-state index contributed by atoms with van der Waals surface area (Å²) in [5.74, 6) is -1.03. The second kappa shape index (κ2) is 5.71. The lowest BCUT2D eigenvalue weighted by Gasteiger charge is -2.06. The maximum atomic E-state index is 10.8. The monoisotopic (exact) mass is 372 g/mol. The third-order valence-corrected chi connectivity index (χ3v) is 3.76. The van der Waals surface area contributed by atoms with Gasteiger partial charge in [0, 0.05) is 3.57 Å². The third kappa shape index (κ3) is 3.03. The van der Waals surface area contributed by atoms with Crippen LogP contribution in [0.5, 0.6) is 0 Å². The smallest absolute Gasteiger partial charge is 0.326 e. The Kier molecular flexibility index (Phi) is 4.24. The Morgan fingerprint density at radius 1 is 1.00 bits per heavy atom. The normalized spacial score (nSPS) is 12.1. The molecule has 0 aliphatic heterocycles. The van der Waals surface area contributed by atoms with Crippen molar-refractivity contribution in [3.8, 4) is 11.1 Å². The first-order valence-electron chi connectivity index (χ1n) is 5.31. The molecule has 0 saturated heterocycles. The zero-order valence-corrected chi connectivity index (χ0v) is 12.2. The Balaban J connectivity index is 2.27. The lowest BCUT2D eigenvalue weighted by Crippen LogP contribution is -2.04. The second-order valence-electron chi connectivity index (χ2n) is 3.83. The molecule has 0 aliphatic carbocycles. The molecule has 0 heterocycles. The molecule has 0 aliphatic rings. The highest BCUT2D eigenvalue weighted by atomic mass is 127. The molecule has 4 heteroatoms. The molecular formula is C14H10ClIO2. The highest BCUT2D eigenvalue weighted by Gasteiger charge is 2.15. The zero-order chi connectivity index (χ0) is 13.1. The van der Waals surface area contributed by atoms with E-state index in [0.717, 1.165) is 11.1 Å². The summed E-state index contributed by atoms with van der Waals surface area (Å²) >= 11 is 8.01. The summed E-state index contributed by atoms with van der Waals surface area (Å²) in [5.41, 5.74) is 2.74. The van der Waals surface area contributed by atoms with Gasteiger partial charge in [0.05, 0.1) is 0 Å². The van der Waals surface area contributed by atoms with Crippen LogP contribution in [-0.4, -0.2) is 11.1 Å². The molecule has 0 spiro atoms. The second-order valence-corrected chi connectivity index (χ2v) is 5.51. The van der Waals surface area contributed by atoms with E-state index in [9.17, 15) is 4.79 Å². The fourth-order valence-electron chi connectivity index (χ4n) is 1.63. The summed E-state index contributed by atoms with van der Waals surface area (Å²) in [5, 5.41) is 7.83. The van der Waals surface area contributed by atoms with Crippen LogP contribution in [0.1, 0.15) is 10.9 Å². The summed E-state index contributed by atoms with van der Waals surface area (Å²) in [6.45, 7) is 0. The molecule has 2 rings (SSSR count). The molecule has 2 nitrogen and oxygen atoms in total. The van der Waals surface area contributed by atoms with Crippen LogP contribution in [0.25, 0.3) is 11.1 Å². The molecular weight excluding hydrogens is 363 g/mol. The van der Waals surface area contributed by atoms with Gasteiger partial charge in [0.15, 0.2) is 5.38 Å². The van der Waals surface area contributed by atoms with Crippen molar-refractivity contribution in [3.63, 3.8) is 0 Å². The SMILES string of the molecule is O=C(O)C(Cl)c1ccc(-c2ccc(I)cc2)cc1. The predicted molar refractivity (Wildman–Crippen MR) is 80.8 cm³/mol. The molecule has 2 aromatic rings. The standard InChI is InChI=1S/C14H10ClIO2/c15-13(14(17)18)11-3-1-9(2-4-11)10-5-7-12(16)8-6-10/h1-8,13H,(H,17,18). The average Bonchev–Trinajstić information content (AvgIpc) is 2.39.